The van der Waals surface area contributed by atoms with E-state index in [1.807, 2.05) is 42.6 Å². The molecular weight excluding hydrogens is 174 g/mol. The topological polar surface area (TPSA) is 41.6 Å². The lowest BCUT2D eigenvalue weighted by Gasteiger charge is -1.98. The molecule has 3 heteroatoms. The molecule has 1 aromatic carbocycles. The van der Waals surface area contributed by atoms with Gasteiger partial charge in [-0.3, -0.25) is 0 Å². The molecule has 2 rings (SSSR count). The fourth-order valence-corrected chi connectivity index (χ4v) is 1.26. The highest BCUT2D eigenvalue weighted by atomic mass is 15.3. The van der Waals surface area contributed by atoms with Crippen molar-refractivity contribution in [1.82, 2.24) is 9.78 Å². The zero-order valence-electron chi connectivity index (χ0n) is 7.59. The SMILES string of the molecule is N#CCc1ccn(-c2ccccc2)n1. The molecule has 0 spiro atoms. The predicted octanol–water partition coefficient (Wildman–Crippen LogP) is 1.94. The summed E-state index contributed by atoms with van der Waals surface area (Å²) in [6.45, 7) is 0. The van der Waals surface area contributed by atoms with Crippen molar-refractivity contribution in [2.24, 2.45) is 0 Å². The summed E-state index contributed by atoms with van der Waals surface area (Å²) < 4.78 is 1.77. The van der Waals surface area contributed by atoms with Crippen molar-refractivity contribution in [3.63, 3.8) is 0 Å². The third kappa shape index (κ3) is 1.64. The molecule has 0 aliphatic rings. The Balaban J connectivity index is 2.31. The summed E-state index contributed by atoms with van der Waals surface area (Å²) in [5.74, 6) is 0. The van der Waals surface area contributed by atoms with Gasteiger partial charge in [0.05, 0.1) is 23.9 Å². The maximum Gasteiger partial charge on any atom is 0.0793 e. The fourth-order valence-electron chi connectivity index (χ4n) is 1.26. The highest BCUT2D eigenvalue weighted by molar-refractivity contribution is 5.30. The molecule has 0 amide bonds. The van der Waals surface area contributed by atoms with E-state index in [1.54, 1.807) is 4.68 Å². The van der Waals surface area contributed by atoms with E-state index in [-0.39, 0.29) is 0 Å². The Labute approximate surface area is 82.2 Å². The lowest BCUT2D eigenvalue weighted by Crippen LogP contribution is -1.95. The van der Waals surface area contributed by atoms with Gasteiger partial charge in [0.15, 0.2) is 0 Å². The van der Waals surface area contributed by atoms with Crippen molar-refractivity contribution in [2.75, 3.05) is 0 Å². The van der Waals surface area contributed by atoms with Gasteiger partial charge in [-0.2, -0.15) is 10.4 Å². The lowest BCUT2D eigenvalue weighted by molar-refractivity contribution is 0.853. The number of nitriles is 1. The van der Waals surface area contributed by atoms with Crippen LogP contribution in [0.4, 0.5) is 0 Å². The van der Waals surface area contributed by atoms with Crippen LogP contribution in [0, 0.1) is 11.3 Å². The van der Waals surface area contributed by atoms with Crippen LogP contribution in [-0.2, 0) is 6.42 Å². The van der Waals surface area contributed by atoms with E-state index in [0.717, 1.165) is 11.4 Å². The molecule has 0 radical (unpaired) electrons. The minimum atomic E-state index is 0.361. The average Bonchev–Trinajstić information content (AvgIpc) is 2.68. The first-order valence-corrected chi connectivity index (χ1v) is 4.37. The summed E-state index contributed by atoms with van der Waals surface area (Å²) in [5.41, 5.74) is 1.81. The summed E-state index contributed by atoms with van der Waals surface area (Å²) in [6.07, 6.45) is 2.22. The summed E-state index contributed by atoms with van der Waals surface area (Å²) in [4.78, 5) is 0. The van der Waals surface area contributed by atoms with E-state index in [0.29, 0.717) is 6.42 Å². The van der Waals surface area contributed by atoms with Crippen LogP contribution >= 0.6 is 0 Å². The van der Waals surface area contributed by atoms with Crippen molar-refractivity contribution in [3.05, 3.63) is 48.3 Å². The Morgan fingerprint density at radius 1 is 1.21 bits per heavy atom. The van der Waals surface area contributed by atoms with Crippen LogP contribution in [0.2, 0.25) is 0 Å². The maximum absolute atomic E-state index is 8.50. The molecule has 0 atom stereocenters. The molecule has 1 heterocycles. The Hall–Kier alpha value is -2.08. The zero-order valence-corrected chi connectivity index (χ0v) is 7.59. The molecule has 14 heavy (non-hydrogen) atoms. The second-order valence-electron chi connectivity index (χ2n) is 2.92. The molecule has 0 aliphatic heterocycles. The molecular formula is C11H9N3. The molecule has 0 saturated carbocycles. The van der Waals surface area contributed by atoms with Gasteiger partial charge in [0.1, 0.15) is 0 Å². The molecule has 0 bridgehead atoms. The quantitative estimate of drug-likeness (QED) is 0.713. The lowest BCUT2D eigenvalue weighted by atomic mass is 10.3. The minimum Gasteiger partial charge on any atom is -0.241 e. The number of benzene rings is 1. The van der Waals surface area contributed by atoms with Gasteiger partial charge in [0.2, 0.25) is 0 Å². The van der Waals surface area contributed by atoms with Crippen LogP contribution in [0.15, 0.2) is 42.6 Å². The summed E-state index contributed by atoms with van der Waals surface area (Å²) in [6, 6.07) is 13.8. The number of hydrogen-bond acceptors (Lipinski definition) is 2. The number of hydrogen-bond donors (Lipinski definition) is 0. The van der Waals surface area contributed by atoms with Gasteiger partial charge in [-0.1, -0.05) is 18.2 Å². The maximum atomic E-state index is 8.50. The van der Waals surface area contributed by atoms with E-state index >= 15 is 0 Å². The van der Waals surface area contributed by atoms with E-state index in [1.165, 1.54) is 0 Å². The second-order valence-corrected chi connectivity index (χ2v) is 2.92. The van der Waals surface area contributed by atoms with Gasteiger partial charge in [-0.25, -0.2) is 4.68 Å². The minimum absolute atomic E-state index is 0.361. The molecule has 2 aromatic rings. The number of para-hydroxylation sites is 1. The van der Waals surface area contributed by atoms with Crippen molar-refractivity contribution >= 4 is 0 Å². The first kappa shape index (κ1) is 8.52. The second kappa shape index (κ2) is 3.75. The Bertz CT molecular complexity index is 451. The third-order valence-corrected chi connectivity index (χ3v) is 1.93. The molecule has 0 fully saturated rings. The van der Waals surface area contributed by atoms with E-state index in [9.17, 15) is 0 Å². The Kier molecular flexibility index (Phi) is 2.28. The first-order valence-electron chi connectivity index (χ1n) is 4.37. The van der Waals surface area contributed by atoms with Crippen molar-refractivity contribution in [3.8, 4) is 11.8 Å². The smallest absolute Gasteiger partial charge is 0.0793 e. The van der Waals surface area contributed by atoms with Crippen LogP contribution in [0.25, 0.3) is 5.69 Å². The monoisotopic (exact) mass is 183 g/mol. The Morgan fingerprint density at radius 2 is 2.00 bits per heavy atom. The van der Waals surface area contributed by atoms with Gasteiger partial charge in [-0.05, 0) is 18.2 Å². The molecule has 0 N–H and O–H groups in total. The van der Waals surface area contributed by atoms with Crippen LogP contribution in [0.3, 0.4) is 0 Å². The number of nitrogens with zero attached hydrogens (tertiary/aromatic N) is 3. The predicted molar refractivity (Wildman–Crippen MR) is 52.9 cm³/mol. The van der Waals surface area contributed by atoms with E-state index in [2.05, 4.69) is 11.2 Å². The van der Waals surface area contributed by atoms with Crippen LogP contribution < -0.4 is 0 Å². The fraction of sp³-hybridized carbons (Fsp3) is 0.0909. The highest BCUT2D eigenvalue weighted by Crippen LogP contribution is 2.06. The van der Waals surface area contributed by atoms with Gasteiger partial charge < -0.3 is 0 Å². The highest BCUT2D eigenvalue weighted by Gasteiger charge is 1.98. The van der Waals surface area contributed by atoms with Crippen LogP contribution in [0.5, 0.6) is 0 Å². The zero-order chi connectivity index (χ0) is 9.80. The standard InChI is InChI=1S/C11H9N3/c12-8-6-10-7-9-14(13-10)11-4-2-1-3-5-11/h1-5,7,9H,6H2. The molecule has 0 saturated heterocycles. The number of rotatable bonds is 2. The van der Waals surface area contributed by atoms with Crippen molar-refractivity contribution in [2.45, 2.75) is 6.42 Å². The molecule has 0 aliphatic carbocycles. The van der Waals surface area contributed by atoms with Crippen LogP contribution in [-0.4, -0.2) is 9.78 Å². The Morgan fingerprint density at radius 3 is 2.71 bits per heavy atom. The summed E-state index contributed by atoms with van der Waals surface area (Å²) >= 11 is 0. The summed E-state index contributed by atoms with van der Waals surface area (Å²) in [5, 5.41) is 12.8. The van der Waals surface area contributed by atoms with E-state index < -0.39 is 0 Å². The molecule has 1 aromatic heterocycles. The van der Waals surface area contributed by atoms with E-state index in [4.69, 9.17) is 5.26 Å². The third-order valence-electron chi connectivity index (χ3n) is 1.93. The van der Waals surface area contributed by atoms with Crippen LogP contribution in [0.1, 0.15) is 5.69 Å². The van der Waals surface area contributed by atoms with Gasteiger partial charge in [0.25, 0.3) is 0 Å². The molecule has 68 valence electrons. The largest absolute Gasteiger partial charge is 0.241 e. The van der Waals surface area contributed by atoms with Gasteiger partial charge in [-0.15, -0.1) is 0 Å². The normalized spacial score (nSPS) is 9.64. The molecule has 0 unspecified atom stereocenters. The van der Waals surface area contributed by atoms with Gasteiger partial charge >= 0.3 is 0 Å². The van der Waals surface area contributed by atoms with Crippen molar-refractivity contribution in [1.29, 1.82) is 5.26 Å². The van der Waals surface area contributed by atoms with Crippen molar-refractivity contribution < 1.29 is 0 Å². The number of aromatic nitrogens is 2. The average molecular weight is 183 g/mol. The first-order chi connectivity index (χ1) is 6.90. The molecule has 3 nitrogen and oxygen atoms in total. The van der Waals surface area contributed by atoms with Gasteiger partial charge in [0, 0.05) is 6.20 Å². The summed E-state index contributed by atoms with van der Waals surface area (Å²) in [7, 11) is 0.